The van der Waals surface area contributed by atoms with Gasteiger partial charge in [0.1, 0.15) is 16.5 Å². The second kappa shape index (κ2) is 12.0. The van der Waals surface area contributed by atoms with Crippen molar-refractivity contribution in [3.05, 3.63) is 65.7 Å². The van der Waals surface area contributed by atoms with E-state index in [1.165, 1.54) is 17.3 Å². The fourth-order valence-corrected chi connectivity index (χ4v) is 4.47. The van der Waals surface area contributed by atoms with Crippen LogP contribution < -0.4 is 10.1 Å². The van der Waals surface area contributed by atoms with E-state index in [1.807, 2.05) is 56.3 Å². The number of carbonyl (C=O) groups is 1. The standard InChI is InChI=1S/C27H35N3O2S/c1-5-6-18-32-23-16-14-22(15-17-23)25-26(30-27(3,4)29-25)33-19-24(31)28-20(2)12-13-21-10-8-7-9-11-21/h7-11,14-17,20H,5-6,12-13,18-19H2,1-4H3,(H,28,31). The number of ether oxygens (including phenoxy) is 1. The zero-order valence-electron chi connectivity index (χ0n) is 20.1. The number of aliphatic imine (C=N–C) groups is 2. The third-order valence-corrected chi connectivity index (χ3v) is 6.28. The molecular weight excluding hydrogens is 430 g/mol. The Labute approximate surface area is 202 Å². The first kappa shape index (κ1) is 25.0. The van der Waals surface area contributed by atoms with E-state index < -0.39 is 5.66 Å². The lowest BCUT2D eigenvalue weighted by Gasteiger charge is -2.14. The van der Waals surface area contributed by atoms with Gasteiger partial charge in [-0.05, 0) is 69.9 Å². The largest absolute Gasteiger partial charge is 0.494 e. The van der Waals surface area contributed by atoms with E-state index in [4.69, 9.17) is 14.7 Å². The average Bonchev–Trinajstić information content (AvgIpc) is 3.12. The van der Waals surface area contributed by atoms with Crippen molar-refractivity contribution in [2.75, 3.05) is 12.4 Å². The summed E-state index contributed by atoms with van der Waals surface area (Å²) < 4.78 is 5.77. The van der Waals surface area contributed by atoms with Gasteiger partial charge in [-0.25, -0.2) is 4.99 Å². The number of thioether (sulfide) groups is 1. The van der Waals surface area contributed by atoms with Gasteiger partial charge < -0.3 is 10.1 Å². The summed E-state index contributed by atoms with van der Waals surface area (Å²) >= 11 is 1.45. The molecule has 1 aliphatic heterocycles. The molecular formula is C27H35N3O2S. The van der Waals surface area contributed by atoms with Gasteiger partial charge in [0.2, 0.25) is 5.91 Å². The van der Waals surface area contributed by atoms with E-state index >= 15 is 0 Å². The van der Waals surface area contributed by atoms with E-state index in [0.29, 0.717) is 5.75 Å². The molecule has 33 heavy (non-hydrogen) atoms. The summed E-state index contributed by atoms with van der Waals surface area (Å²) in [5, 5.41) is 3.92. The van der Waals surface area contributed by atoms with Gasteiger partial charge in [0.25, 0.3) is 0 Å². The van der Waals surface area contributed by atoms with Crippen LogP contribution in [0.4, 0.5) is 0 Å². The number of nitrogens with one attached hydrogen (secondary N) is 1. The average molecular weight is 466 g/mol. The van der Waals surface area contributed by atoms with Gasteiger partial charge in [0.15, 0.2) is 0 Å². The number of rotatable bonds is 11. The van der Waals surface area contributed by atoms with Crippen molar-refractivity contribution < 1.29 is 9.53 Å². The van der Waals surface area contributed by atoms with Crippen molar-refractivity contribution in [1.29, 1.82) is 0 Å². The Balaban J connectivity index is 1.52. The number of unbranched alkanes of at least 4 members (excludes halogenated alkanes) is 1. The van der Waals surface area contributed by atoms with Crippen molar-refractivity contribution in [2.45, 2.75) is 65.1 Å². The Kier molecular flexibility index (Phi) is 9.12. The minimum Gasteiger partial charge on any atom is -0.494 e. The van der Waals surface area contributed by atoms with E-state index in [1.54, 1.807) is 0 Å². The molecule has 0 spiro atoms. The monoisotopic (exact) mass is 465 g/mol. The molecule has 0 radical (unpaired) electrons. The third kappa shape index (κ3) is 8.04. The van der Waals surface area contributed by atoms with Crippen LogP contribution in [0, 0.1) is 0 Å². The topological polar surface area (TPSA) is 63.1 Å². The van der Waals surface area contributed by atoms with Gasteiger partial charge in [-0.15, -0.1) is 0 Å². The Bertz CT molecular complexity index is 969. The van der Waals surface area contributed by atoms with Crippen LogP contribution in [0.2, 0.25) is 0 Å². The molecule has 1 aliphatic rings. The highest BCUT2D eigenvalue weighted by Gasteiger charge is 2.28. The number of nitrogens with zero attached hydrogens (tertiary/aromatic N) is 2. The maximum atomic E-state index is 12.6. The van der Waals surface area contributed by atoms with Gasteiger partial charge in [0.05, 0.1) is 18.1 Å². The first-order chi connectivity index (χ1) is 15.9. The number of hydrogen-bond acceptors (Lipinski definition) is 5. The summed E-state index contributed by atoms with van der Waals surface area (Å²) in [5.41, 5.74) is 2.60. The first-order valence-corrected chi connectivity index (χ1v) is 12.7. The number of carbonyl (C=O) groups excluding carboxylic acids is 1. The van der Waals surface area contributed by atoms with Crippen molar-refractivity contribution in [3.63, 3.8) is 0 Å². The van der Waals surface area contributed by atoms with Crippen LogP contribution in [0.1, 0.15) is 58.1 Å². The summed E-state index contributed by atoms with van der Waals surface area (Å²) in [7, 11) is 0. The molecule has 5 nitrogen and oxygen atoms in total. The molecule has 0 aliphatic carbocycles. The van der Waals surface area contributed by atoms with Gasteiger partial charge in [-0.1, -0.05) is 55.4 Å². The summed E-state index contributed by atoms with van der Waals surface area (Å²) in [6, 6.07) is 18.5. The van der Waals surface area contributed by atoms with Crippen LogP contribution in [0.15, 0.2) is 64.6 Å². The van der Waals surface area contributed by atoms with Crippen LogP contribution >= 0.6 is 11.8 Å². The van der Waals surface area contributed by atoms with Crippen molar-refractivity contribution in [2.24, 2.45) is 9.98 Å². The summed E-state index contributed by atoms with van der Waals surface area (Å²) in [4.78, 5) is 22.1. The van der Waals surface area contributed by atoms with E-state index in [0.717, 1.165) is 54.4 Å². The minimum atomic E-state index is -0.520. The van der Waals surface area contributed by atoms with E-state index in [9.17, 15) is 4.79 Å². The highest BCUT2D eigenvalue weighted by Crippen LogP contribution is 2.27. The highest BCUT2D eigenvalue weighted by molar-refractivity contribution is 8.16. The molecule has 0 fully saturated rings. The molecule has 3 rings (SSSR count). The van der Waals surface area contributed by atoms with Crippen LogP contribution in [-0.4, -0.2) is 40.7 Å². The van der Waals surface area contributed by atoms with Gasteiger partial charge >= 0.3 is 0 Å². The predicted molar refractivity (Wildman–Crippen MR) is 140 cm³/mol. The van der Waals surface area contributed by atoms with Crippen LogP contribution in [0.5, 0.6) is 5.75 Å². The van der Waals surface area contributed by atoms with Crippen molar-refractivity contribution in [3.8, 4) is 5.75 Å². The van der Waals surface area contributed by atoms with E-state index in [2.05, 4.69) is 31.3 Å². The summed E-state index contributed by atoms with van der Waals surface area (Å²) in [6.07, 6.45) is 4.02. The number of aryl methyl sites for hydroxylation is 1. The maximum Gasteiger partial charge on any atom is 0.230 e. The molecule has 1 atom stereocenters. The minimum absolute atomic E-state index is 0.0204. The molecule has 0 saturated heterocycles. The Morgan fingerprint density at radius 2 is 1.82 bits per heavy atom. The molecule has 1 unspecified atom stereocenters. The zero-order valence-corrected chi connectivity index (χ0v) is 21.0. The number of amides is 1. The predicted octanol–water partition coefficient (Wildman–Crippen LogP) is 5.67. The fraction of sp³-hybridized carbons (Fsp3) is 0.444. The van der Waals surface area contributed by atoms with Gasteiger partial charge in [0, 0.05) is 11.6 Å². The molecule has 0 saturated carbocycles. The lowest BCUT2D eigenvalue weighted by atomic mass is 10.1. The number of hydrogen-bond donors (Lipinski definition) is 1. The summed E-state index contributed by atoms with van der Waals surface area (Å²) in [5.74, 6) is 1.20. The van der Waals surface area contributed by atoms with Crippen molar-refractivity contribution >= 4 is 28.4 Å². The fourth-order valence-electron chi connectivity index (χ4n) is 3.53. The Morgan fingerprint density at radius 3 is 2.52 bits per heavy atom. The smallest absolute Gasteiger partial charge is 0.230 e. The second-order valence-electron chi connectivity index (χ2n) is 8.88. The van der Waals surface area contributed by atoms with Gasteiger partial charge in [-0.2, -0.15) is 0 Å². The molecule has 176 valence electrons. The molecule has 2 aromatic carbocycles. The normalized spacial score (nSPS) is 15.5. The molecule has 0 bridgehead atoms. The number of benzene rings is 2. The SMILES string of the molecule is CCCCOc1ccc(C2=NC(C)(C)N=C2SCC(=O)NC(C)CCc2ccccc2)cc1. The lowest BCUT2D eigenvalue weighted by Crippen LogP contribution is -2.34. The zero-order chi connectivity index (χ0) is 23.7. The van der Waals surface area contributed by atoms with Crippen LogP contribution in [-0.2, 0) is 11.2 Å². The Morgan fingerprint density at radius 1 is 1.09 bits per heavy atom. The summed E-state index contributed by atoms with van der Waals surface area (Å²) in [6.45, 7) is 8.89. The quantitative estimate of drug-likeness (QED) is 0.435. The Hall–Kier alpha value is -2.60. The maximum absolute atomic E-state index is 12.6. The van der Waals surface area contributed by atoms with Crippen LogP contribution in [0.3, 0.4) is 0 Å². The second-order valence-corrected chi connectivity index (χ2v) is 9.84. The highest BCUT2D eigenvalue weighted by atomic mass is 32.2. The van der Waals surface area contributed by atoms with Gasteiger partial charge in [-0.3, -0.25) is 9.79 Å². The van der Waals surface area contributed by atoms with E-state index in [-0.39, 0.29) is 11.9 Å². The third-order valence-electron chi connectivity index (χ3n) is 5.31. The molecule has 1 N–H and O–H groups in total. The molecule has 1 heterocycles. The first-order valence-electron chi connectivity index (χ1n) is 11.8. The molecule has 6 heteroatoms. The molecule has 1 amide bonds. The van der Waals surface area contributed by atoms with Crippen LogP contribution in [0.25, 0.3) is 0 Å². The molecule has 2 aromatic rings. The molecule has 0 aromatic heterocycles. The lowest BCUT2D eigenvalue weighted by molar-refractivity contribution is -0.119. The van der Waals surface area contributed by atoms with Crippen molar-refractivity contribution in [1.82, 2.24) is 5.32 Å².